The first-order chi connectivity index (χ1) is 9.72. The van der Waals surface area contributed by atoms with E-state index in [0.29, 0.717) is 33.0 Å². The summed E-state index contributed by atoms with van der Waals surface area (Å²) in [6, 6.07) is 8.36. The molecule has 0 radical (unpaired) electrons. The molecule has 20 heavy (non-hydrogen) atoms. The maximum atomic E-state index is 6.09. The minimum atomic E-state index is 0.124. The van der Waals surface area contributed by atoms with Crippen molar-refractivity contribution in [3.8, 4) is 0 Å². The van der Waals surface area contributed by atoms with Crippen molar-refractivity contribution >= 4 is 15.9 Å². The highest BCUT2D eigenvalue weighted by Gasteiger charge is 2.04. The number of rotatable bonds is 11. The Morgan fingerprint density at radius 2 is 1.80 bits per heavy atom. The molecular formula is C15H24BrNO3. The van der Waals surface area contributed by atoms with Crippen LogP contribution >= 0.6 is 15.9 Å². The summed E-state index contributed by atoms with van der Waals surface area (Å²) in [5.41, 5.74) is 7.34. The molecule has 1 aromatic carbocycles. The molecule has 1 rings (SSSR count). The largest absolute Gasteiger partial charge is 0.382 e. The van der Waals surface area contributed by atoms with Crippen molar-refractivity contribution in [1.82, 2.24) is 0 Å². The van der Waals surface area contributed by atoms with Crippen LogP contribution < -0.4 is 5.73 Å². The second-order valence-corrected chi connectivity index (χ2v) is 5.52. The smallest absolute Gasteiger partial charge is 0.0701 e. The molecule has 0 aromatic heterocycles. The van der Waals surface area contributed by atoms with Crippen LogP contribution in [-0.2, 0) is 20.6 Å². The van der Waals surface area contributed by atoms with Gasteiger partial charge >= 0.3 is 0 Å². The lowest BCUT2D eigenvalue weighted by Gasteiger charge is -2.12. The summed E-state index contributed by atoms with van der Waals surface area (Å²) >= 11 is 3.46. The van der Waals surface area contributed by atoms with Crippen LogP contribution in [0.4, 0.5) is 0 Å². The Morgan fingerprint density at radius 3 is 2.50 bits per heavy atom. The zero-order valence-corrected chi connectivity index (χ0v) is 13.6. The summed E-state index contributed by atoms with van der Waals surface area (Å²) in [5, 5.41) is 0. The van der Waals surface area contributed by atoms with E-state index in [1.807, 2.05) is 12.1 Å². The maximum Gasteiger partial charge on any atom is 0.0701 e. The third-order valence-corrected chi connectivity index (χ3v) is 3.32. The maximum absolute atomic E-state index is 6.09. The topological polar surface area (TPSA) is 53.7 Å². The molecule has 2 N–H and O–H groups in total. The fourth-order valence-electron chi connectivity index (χ4n) is 1.77. The molecule has 0 amide bonds. The second-order valence-electron chi connectivity index (χ2n) is 4.60. The van der Waals surface area contributed by atoms with Crippen LogP contribution in [0.2, 0.25) is 0 Å². The van der Waals surface area contributed by atoms with Crippen LogP contribution in [0.3, 0.4) is 0 Å². The van der Waals surface area contributed by atoms with E-state index in [2.05, 4.69) is 28.1 Å². The molecule has 0 aliphatic carbocycles. The van der Waals surface area contributed by atoms with Crippen LogP contribution in [-0.4, -0.2) is 46.2 Å². The van der Waals surface area contributed by atoms with Gasteiger partial charge in [-0.25, -0.2) is 0 Å². The molecule has 1 unspecified atom stereocenters. The number of benzene rings is 1. The third-order valence-electron chi connectivity index (χ3n) is 2.82. The Balaban J connectivity index is 2.01. The van der Waals surface area contributed by atoms with Gasteiger partial charge in [-0.1, -0.05) is 28.1 Å². The fourth-order valence-corrected chi connectivity index (χ4v) is 2.21. The SMILES string of the molecule is COCCOCCOCCC(N)Cc1cccc(Br)c1. The van der Waals surface area contributed by atoms with Gasteiger partial charge in [0.2, 0.25) is 0 Å². The van der Waals surface area contributed by atoms with E-state index in [9.17, 15) is 0 Å². The zero-order chi connectivity index (χ0) is 14.6. The highest BCUT2D eigenvalue weighted by molar-refractivity contribution is 9.10. The predicted octanol–water partition coefficient (Wildman–Crippen LogP) is 2.39. The van der Waals surface area contributed by atoms with Gasteiger partial charge in [-0.2, -0.15) is 0 Å². The minimum absolute atomic E-state index is 0.124. The van der Waals surface area contributed by atoms with Crippen molar-refractivity contribution in [2.75, 3.05) is 40.1 Å². The summed E-state index contributed by atoms with van der Waals surface area (Å²) in [4.78, 5) is 0. The van der Waals surface area contributed by atoms with E-state index < -0.39 is 0 Å². The minimum Gasteiger partial charge on any atom is -0.382 e. The van der Waals surface area contributed by atoms with Crippen LogP contribution in [0, 0.1) is 0 Å². The lowest BCUT2D eigenvalue weighted by molar-refractivity contribution is 0.0234. The molecule has 1 atom stereocenters. The molecule has 0 bridgehead atoms. The van der Waals surface area contributed by atoms with Crippen molar-refractivity contribution < 1.29 is 14.2 Å². The predicted molar refractivity (Wildman–Crippen MR) is 84.0 cm³/mol. The Morgan fingerprint density at radius 1 is 1.10 bits per heavy atom. The summed E-state index contributed by atoms with van der Waals surface area (Å²) in [6.07, 6.45) is 1.72. The van der Waals surface area contributed by atoms with Gasteiger partial charge in [-0.05, 0) is 30.5 Å². The summed E-state index contributed by atoms with van der Waals surface area (Å²) in [6.45, 7) is 3.11. The molecule has 1 aromatic rings. The average Bonchev–Trinajstić information content (AvgIpc) is 2.42. The summed E-state index contributed by atoms with van der Waals surface area (Å²) in [5.74, 6) is 0. The Labute approximate surface area is 129 Å². The number of hydrogen-bond acceptors (Lipinski definition) is 4. The molecule has 114 valence electrons. The molecule has 0 spiro atoms. The highest BCUT2D eigenvalue weighted by atomic mass is 79.9. The molecule has 4 nitrogen and oxygen atoms in total. The average molecular weight is 346 g/mol. The van der Waals surface area contributed by atoms with Gasteiger partial charge in [0, 0.05) is 24.2 Å². The lowest BCUT2D eigenvalue weighted by atomic mass is 10.0. The summed E-state index contributed by atoms with van der Waals surface area (Å²) in [7, 11) is 1.66. The Hall–Kier alpha value is -0.460. The third kappa shape index (κ3) is 8.66. The monoisotopic (exact) mass is 345 g/mol. The van der Waals surface area contributed by atoms with Crippen molar-refractivity contribution in [2.45, 2.75) is 18.9 Å². The molecule has 0 heterocycles. The lowest BCUT2D eigenvalue weighted by Crippen LogP contribution is -2.25. The zero-order valence-electron chi connectivity index (χ0n) is 12.0. The normalized spacial score (nSPS) is 12.6. The Bertz CT molecular complexity index is 363. The van der Waals surface area contributed by atoms with Crippen molar-refractivity contribution in [3.63, 3.8) is 0 Å². The van der Waals surface area contributed by atoms with Crippen molar-refractivity contribution in [1.29, 1.82) is 0 Å². The van der Waals surface area contributed by atoms with Gasteiger partial charge in [0.1, 0.15) is 0 Å². The molecule has 0 saturated carbocycles. The van der Waals surface area contributed by atoms with E-state index >= 15 is 0 Å². The molecule has 0 aliphatic heterocycles. The first-order valence-corrected chi connectivity index (χ1v) is 7.66. The van der Waals surface area contributed by atoms with Gasteiger partial charge in [0.25, 0.3) is 0 Å². The van der Waals surface area contributed by atoms with E-state index in [0.717, 1.165) is 17.3 Å². The van der Waals surface area contributed by atoms with Crippen LogP contribution in [0.15, 0.2) is 28.7 Å². The molecule has 0 aliphatic rings. The summed E-state index contributed by atoms with van der Waals surface area (Å²) < 4.78 is 16.8. The van der Waals surface area contributed by atoms with Gasteiger partial charge < -0.3 is 19.9 Å². The van der Waals surface area contributed by atoms with E-state index in [4.69, 9.17) is 19.9 Å². The van der Waals surface area contributed by atoms with E-state index in [1.54, 1.807) is 7.11 Å². The van der Waals surface area contributed by atoms with Gasteiger partial charge in [-0.3, -0.25) is 0 Å². The number of ether oxygens (including phenoxy) is 3. The molecule has 0 fully saturated rings. The second kappa shape index (κ2) is 11.2. The van der Waals surface area contributed by atoms with Gasteiger partial charge in [0.15, 0.2) is 0 Å². The number of nitrogens with two attached hydrogens (primary N) is 1. The highest BCUT2D eigenvalue weighted by Crippen LogP contribution is 2.13. The quantitative estimate of drug-likeness (QED) is 0.625. The van der Waals surface area contributed by atoms with Gasteiger partial charge in [0.05, 0.1) is 26.4 Å². The Kier molecular flexibility index (Phi) is 9.87. The first-order valence-electron chi connectivity index (χ1n) is 6.87. The molecule has 5 heteroatoms. The molecular weight excluding hydrogens is 322 g/mol. The van der Waals surface area contributed by atoms with E-state index in [1.165, 1.54) is 5.56 Å². The number of halogens is 1. The van der Waals surface area contributed by atoms with Crippen LogP contribution in [0.25, 0.3) is 0 Å². The fraction of sp³-hybridized carbons (Fsp3) is 0.600. The van der Waals surface area contributed by atoms with Crippen molar-refractivity contribution in [3.05, 3.63) is 34.3 Å². The standard InChI is InChI=1S/C15H24BrNO3/c1-18-7-8-20-10-9-19-6-5-15(17)12-13-3-2-4-14(16)11-13/h2-4,11,15H,5-10,12,17H2,1H3. The van der Waals surface area contributed by atoms with Gasteiger partial charge in [-0.15, -0.1) is 0 Å². The van der Waals surface area contributed by atoms with Crippen molar-refractivity contribution in [2.24, 2.45) is 5.73 Å². The number of hydrogen-bond donors (Lipinski definition) is 1. The van der Waals surface area contributed by atoms with Crippen LogP contribution in [0.1, 0.15) is 12.0 Å². The van der Waals surface area contributed by atoms with Crippen LogP contribution in [0.5, 0.6) is 0 Å². The molecule has 0 saturated heterocycles. The first kappa shape index (κ1) is 17.6. The van der Waals surface area contributed by atoms with E-state index in [-0.39, 0.29) is 6.04 Å². The number of methoxy groups -OCH3 is 1.